The molecule has 0 unspecified atom stereocenters. The fraction of sp³-hybridized carbons (Fsp3) is 1.00. The van der Waals surface area contributed by atoms with Crippen LogP contribution in [0.2, 0.25) is 0 Å². The van der Waals surface area contributed by atoms with Gasteiger partial charge in [-0.25, -0.2) is 0 Å². The number of hydrogen-bond acceptors (Lipinski definition) is 2. The molecule has 0 atom stereocenters. The highest BCUT2D eigenvalue weighted by Crippen LogP contribution is 2.07. The van der Waals surface area contributed by atoms with Crippen molar-refractivity contribution < 1.29 is 0 Å². The molecule has 0 aliphatic carbocycles. The monoisotopic (exact) mass is 129 g/mol. The van der Waals surface area contributed by atoms with Crippen molar-refractivity contribution in [2.45, 2.75) is 45.6 Å². The average molecular weight is 129 g/mol. The summed E-state index contributed by atoms with van der Waals surface area (Å²) < 4.78 is 0. The lowest BCUT2D eigenvalue weighted by Gasteiger charge is -2.02. The smallest absolute Gasteiger partial charge is 0.0919 e. The Hall–Kier alpha value is -0.400. The summed E-state index contributed by atoms with van der Waals surface area (Å²) in [6.07, 6.45) is 4.04. The molecule has 0 N–H and O–H groups in total. The molecule has 0 bridgehead atoms. The third-order valence-electron chi connectivity index (χ3n) is 1.39. The third-order valence-corrected chi connectivity index (χ3v) is 1.39. The second-order valence-corrected chi connectivity index (χ2v) is 2.34. The van der Waals surface area contributed by atoms with Crippen LogP contribution in [0.3, 0.4) is 0 Å². The molecule has 0 aliphatic rings. The molecule has 0 rings (SSSR count). The standard InChI is InChI=1S/C7H15NO/c1-3-5-7(8-9)6-4-2/h7H,3-6H2,1-2H3. The Morgan fingerprint density at radius 2 is 1.67 bits per heavy atom. The SMILES string of the molecule is CCCC(CCC)N=O. The summed E-state index contributed by atoms with van der Waals surface area (Å²) in [4.78, 5) is 10.0. The quantitative estimate of drug-likeness (QED) is 0.525. The lowest BCUT2D eigenvalue weighted by atomic mass is 10.1. The minimum atomic E-state index is 0.0833. The molecule has 0 fully saturated rings. The molecule has 0 spiro atoms. The molecule has 0 radical (unpaired) electrons. The molecule has 0 aromatic carbocycles. The van der Waals surface area contributed by atoms with E-state index >= 15 is 0 Å². The van der Waals surface area contributed by atoms with Crippen molar-refractivity contribution in [3.05, 3.63) is 4.91 Å². The van der Waals surface area contributed by atoms with Gasteiger partial charge in [-0.3, -0.25) is 0 Å². The molecule has 54 valence electrons. The van der Waals surface area contributed by atoms with Gasteiger partial charge in [0.2, 0.25) is 0 Å². The van der Waals surface area contributed by atoms with Crippen LogP contribution in [0.4, 0.5) is 0 Å². The van der Waals surface area contributed by atoms with Crippen molar-refractivity contribution in [1.82, 2.24) is 0 Å². The van der Waals surface area contributed by atoms with E-state index < -0.39 is 0 Å². The summed E-state index contributed by atoms with van der Waals surface area (Å²) in [7, 11) is 0. The maximum atomic E-state index is 10.0. The van der Waals surface area contributed by atoms with Gasteiger partial charge in [0.1, 0.15) is 0 Å². The molecule has 0 heterocycles. The average Bonchev–Trinajstić information content (AvgIpc) is 1.88. The Balaban J connectivity index is 3.29. The van der Waals surface area contributed by atoms with E-state index in [9.17, 15) is 4.91 Å². The highest BCUT2D eigenvalue weighted by molar-refractivity contribution is 4.62. The van der Waals surface area contributed by atoms with Gasteiger partial charge in [-0.15, -0.1) is 0 Å². The van der Waals surface area contributed by atoms with Crippen LogP contribution in [-0.2, 0) is 0 Å². The number of nitroso groups, excluding NO2 is 1. The number of hydrogen-bond donors (Lipinski definition) is 0. The first-order chi connectivity index (χ1) is 4.35. The van der Waals surface area contributed by atoms with Crippen LogP contribution >= 0.6 is 0 Å². The van der Waals surface area contributed by atoms with Gasteiger partial charge in [0, 0.05) is 0 Å². The Morgan fingerprint density at radius 3 is 1.89 bits per heavy atom. The van der Waals surface area contributed by atoms with Crippen molar-refractivity contribution >= 4 is 0 Å². The van der Waals surface area contributed by atoms with Crippen LogP contribution in [0.5, 0.6) is 0 Å². The van der Waals surface area contributed by atoms with Crippen molar-refractivity contribution in [1.29, 1.82) is 0 Å². The van der Waals surface area contributed by atoms with E-state index in [-0.39, 0.29) is 6.04 Å². The first kappa shape index (κ1) is 8.60. The van der Waals surface area contributed by atoms with Crippen LogP contribution in [-0.4, -0.2) is 6.04 Å². The Kier molecular flexibility index (Phi) is 5.48. The van der Waals surface area contributed by atoms with Crippen molar-refractivity contribution in [3.63, 3.8) is 0 Å². The molecule has 0 saturated carbocycles. The predicted octanol–water partition coefficient (Wildman–Crippen LogP) is 2.72. The van der Waals surface area contributed by atoms with E-state index in [0.717, 1.165) is 25.7 Å². The van der Waals surface area contributed by atoms with Crippen molar-refractivity contribution in [2.75, 3.05) is 0 Å². The molecule has 0 saturated heterocycles. The van der Waals surface area contributed by atoms with Gasteiger partial charge < -0.3 is 0 Å². The van der Waals surface area contributed by atoms with Crippen molar-refractivity contribution in [2.24, 2.45) is 5.18 Å². The summed E-state index contributed by atoms with van der Waals surface area (Å²) in [5.74, 6) is 0. The Morgan fingerprint density at radius 1 is 1.22 bits per heavy atom. The summed E-state index contributed by atoms with van der Waals surface area (Å²) in [5.41, 5.74) is 0. The van der Waals surface area contributed by atoms with Gasteiger partial charge in [-0.05, 0) is 12.8 Å². The van der Waals surface area contributed by atoms with Crippen LogP contribution in [0.1, 0.15) is 39.5 Å². The molecule has 2 heteroatoms. The normalized spacial score (nSPS) is 10.1. The third kappa shape index (κ3) is 4.13. The van der Waals surface area contributed by atoms with Crippen LogP contribution in [0.25, 0.3) is 0 Å². The first-order valence-electron chi connectivity index (χ1n) is 3.67. The summed E-state index contributed by atoms with van der Waals surface area (Å²) >= 11 is 0. The molecule has 0 aromatic heterocycles. The maximum absolute atomic E-state index is 10.0. The summed E-state index contributed by atoms with van der Waals surface area (Å²) in [5, 5.41) is 3.02. The number of rotatable bonds is 5. The van der Waals surface area contributed by atoms with E-state index in [1.807, 2.05) is 0 Å². The van der Waals surface area contributed by atoms with Gasteiger partial charge in [-0.2, -0.15) is 4.91 Å². The Bertz CT molecular complexity index is 67.3. The molecule has 0 aromatic rings. The summed E-state index contributed by atoms with van der Waals surface area (Å²) in [6, 6.07) is 0.0833. The minimum Gasteiger partial charge on any atom is -0.151 e. The maximum Gasteiger partial charge on any atom is 0.0919 e. The van der Waals surface area contributed by atoms with Gasteiger partial charge in [-0.1, -0.05) is 31.9 Å². The zero-order valence-electron chi connectivity index (χ0n) is 6.26. The molecular formula is C7H15NO. The number of nitrogens with zero attached hydrogens (tertiary/aromatic N) is 1. The van der Waals surface area contributed by atoms with Crippen LogP contribution in [0, 0.1) is 4.91 Å². The van der Waals surface area contributed by atoms with Gasteiger partial charge in [0.15, 0.2) is 0 Å². The van der Waals surface area contributed by atoms with Gasteiger partial charge >= 0.3 is 0 Å². The minimum absolute atomic E-state index is 0.0833. The Labute approximate surface area is 56.6 Å². The van der Waals surface area contributed by atoms with E-state index in [1.54, 1.807) is 0 Å². The van der Waals surface area contributed by atoms with Crippen LogP contribution < -0.4 is 0 Å². The lowest BCUT2D eigenvalue weighted by Crippen LogP contribution is -2.00. The van der Waals surface area contributed by atoms with Gasteiger partial charge in [0.25, 0.3) is 0 Å². The zero-order chi connectivity index (χ0) is 7.11. The zero-order valence-corrected chi connectivity index (χ0v) is 6.26. The lowest BCUT2D eigenvalue weighted by molar-refractivity contribution is 0.552. The first-order valence-corrected chi connectivity index (χ1v) is 3.67. The second-order valence-electron chi connectivity index (χ2n) is 2.34. The molecule has 2 nitrogen and oxygen atoms in total. The highest BCUT2D eigenvalue weighted by Gasteiger charge is 2.03. The van der Waals surface area contributed by atoms with E-state index in [1.165, 1.54) is 0 Å². The predicted molar refractivity (Wildman–Crippen MR) is 39.4 cm³/mol. The van der Waals surface area contributed by atoms with Crippen LogP contribution in [0.15, 0.2) is 5.18 Å². The van der Waals surface area contributed by atoms with Gasteiger partial charge in [0.05, 0.1) is 6.04 Å². The largest absolute Gasteiger partial charge is 0.151 e. The van der Waals surface area contributed by atoms with E-state index in [2.05, 4.69) is 19.0 Å². The fourth-order valence-electron chi connectivity index (χ4n) is 0.916. The molecular weight excluding hydrogens is 114 g/mol. The van der Waals surface area contributed by atoms with Crippen molar-refractivity contribution in [3.8, 4) is 0 Å². The molecule has 0 amide bonds. The topological polar surface area (TPSA) is 29.4 Å². The fourth-order valence-corrected chi connectivity index (χ4v) is 0.916. The van der Waals surface area contributed by atoms with E-state index in [0.29, 0.717) is 0 Å². The molecule has 0 aliphatic heterocycles. The second kappa shape index (κ2) is 5.73. The highest BCUT2D eigenvalue weighted by atomic mass is 16.3. The molecule has 9 heavy (non-hydrogen) atoms. The van der Waals surface area contributed by atoms with E-state index in [4.69, 9.17) is 0 Å². The summed E-state index contributed by atoms with van der Waals surface area (Å²) in [6.45, 7) is 4.15.